The van der Waals surface area contributed by atoms with Crippen molar-refractivity contribution in [2.75, 3.05) is 106 Å². The maximum atomic E-state index is 11.8. The minimum absolute atomic E-state index is 0.114. The van der Waals surface area contributed by atoms with Crippen LogP contribution in [0.25, 0.3) is 0 Å². The first kappa shape index (κ1) is 32.1. The summed E-state index contributed by atoms with van der Waals surface area (Å²) in [5, 5.41) is 0. The molecule has 198 valence electrons. The molecule has 10 heteroatoms. The van der Waals surface area contributed by atoms with Crippen molar-refractivity contribution in [3.63, 3.8) is 0 Å². The minimum Gasteiger partial charge on any atom is -0.463 e. The molecule has 0 rings (SSSR count). The summed E-state index contributed by atoms with van der Waals surface area (Å²) >= 11 is 0. The summed E-state index contributed by atoms with van der Waals surface area (Å²) < 4.78 is 54.0. The number of ether oxygens (including phenoxy) is 8. The van der Waals surface area contributed by atoms with Crippen LogP contribution in [0.5, 0.6) is 0 Å². The van der Waals surface area contributed by atoms with Crippen LogP contribution in [0.3, 0.4) is 0 Å². The standard InChI is InChI=1S/C23H45FO9/c1-2-3-4-5-6-23(25)33-22-21-32-20-19-31-18-17-30-16-15-29-14-13-28-12-11-27-10-9-26-8-7-24/h2-22H2,1H3. The average Bonchev–Trinajstić information content (AvgIpc) is 2.82. The highest BCUT2D eigenvalue weighted by Gasteiger charge is 2.02. The molecule has 0 bridgehead atoms. The zero-order valence-corrected chi connectivity index (χ0v) is 20.4. The monoisotopic (exact) mass is 484 g/mol. The van der Waals surface area contributed by atoms with Gasteiger partial charge < -0.3 is 37.9 Å². The number of esters is 1. The fourth-order valence-electron chi connectivity index (χ4n) is 2.46. The van der Waals surface area contributed by atoms with E-state index >= 15 is 0 Å². The van der Waals surface area contributed by atoms with Crippen molar-refractivity contribution < 1.29 is 47.1 Å². The van der Waals surface area contributed by atoms with E-state index in [1.807, 2.05) is 0 Å². The first-order chi connectivity index (χ1) is 16.3. The molecule has 0 aliphatic carbocycles. The van der Waals surface area contributed by atoms with Crippen molar-refractivity contribution in [2.24, 2.45) is 0 Å². The zero-order valence-electron chi connectivity index (χ0n) is 20.4. The van der Waals surface area contributed by atoms with Crippen molar-refractivity contribution in [3.05, 3.63) is 0 Å². The molecule has 0 heterocycles. The highest BCUT2D eigenvalue weighted by molar-refractivity contribution is 5.69. The lowest BCUT2D eigenvalue weighted by atomic mass is 10.2. The SMILES string of the molecule is CCCCCCC(=O)OCCOCCOCCOCCOCCOCCOCCOCCF. The minimum atomic E-state index is -0.473. The van der Waals surface area contributed by atoms with Crippen LogP contribution in [-0.4, -0.2) is 112 Å². The second-order valence-electron chi connectivity index (χ2n) is 7.01. The van der Waals surface area contributed by atoms with Gasteiger partial charge in [0.15, 0.2) is 0 Å². The molecule has 0 aromatic heterocycles. The van der Waals surface area contributed by atoms with E-state index < -0.39 is 6.67 Å². The van der Waals surface area contributed by atoms with Gasteiger partial charge in [-0.3, -0.25) is 4.79 Å². The van der Waals surface area contributed by atoms with Gasteiger partial charge in [0.25, 0.3) is 0 Å². The van der Waals surface area contributed by atoms with Crippen LogP contribution in [0.1, 0.15) is 39.0 Å². The van der Waals surface area contributed by atoms with Crippen LogP contribution in [0.4, 0.5) is 4.39 Å². The number of rotatable bonds is 28. The Morgan fingerprint density at radius 1 is 0.515 bits per heavy atom. The Labute approximate surface area is 198 Å². The van der Waals surface area contributed by atoms with Crippen molar-refractivity contribution in [1.29, 1.82) is 0 Å². The van der Waals surface area contributed by atoms with Crippen LogP contribution in [0.15, 0.2) is 0 Å². The maximum absolute atomic E-state index is 11.8. The predicted molar refractivity (Wildman–Crippen MR) is 121 cm³/mol. The van der Waals surface area contributed by atoms with Gasteiger partial charge in [-0.1, -0.05) is 26.2 Å². The number of carbonyl (C=O) groups is 1. The molecule has 0 radical (unpaired) electrons. The van der Waals surface area contributed by atoms with E-state index in [0.29, 0.717) is 92.3 Å². The molecule has 0 aromatic rings. The molecule has 0 fully saturated rings. The van der Waals surface area contributed by atoms with Gasteiger partial charge in [0.2, 0.25) is 0 Å². The molecule has 0 saturated carbocycles. The molecule has 0 aliphatic rings. The molecule has 0 atom stereocenters. The van der Waals surface area contributed by atoms with E-state index in [0.717, 1.165) is 25.7 Å². The molecule has 9 nitrogen and oxygen atoms in total. The smallest absolute Gasteiger partial charge is 0.305 e. The van der Waals surface area contributed by atoms with Crippen molar-refractivity contribution in [2.45, 2.75) is 39.0 Å². The molecule has 0 aromatic carbocycles. The van der Waals surface area contributed by atoms with Gasteiger partial charge in [0.1, 0.15) is 13.3 Å². The largest absolute Gasteiger partial charge is 0.463 e. The van der Waals surface area contributed by atoms with Gasteiger partial charge in [-0.05, 0) is 6.42 Å². The van der Waals surface area contributed by atoms with Crippen LogP contribution in [-0.2, 0) is 42.7 Å². The fraction of sp³-hybridized carbons (Fsp3) is 0.957. The number of halogens is 1. The number of carbonyl (C=O) groups excluding carboxylic acids is 1. The topological polar surface area (TPSA) is 90.9 Å². The number of alkyl halides is 1. The van der Waals surface area contributed by atoms with Gasteiger partial charge in [-0.25, -0.2) is 4.39 Å². The average molecular weight is 485 g/mol. The van der Waals surface area contributed by atoms with E-state index in [1.54, 1.807) is 0 Å². The Kier molecular flexibility index (Phi) is 28.4. The van der Waals surface area contributed by atoms with Gasteiger partial charge in [0, 0.05) is 6.42 Å². The second-order valence-corrected chi connectivity index (χ2v) is 7.01. The third-order valence-electron chi connectivity index (χ3n) is 4.18. The van der Waals surface area contributed by atoms with Crippen LogP contribution >= 0.6 is 0 Å². The van der Waals surface area contributed by atoms with Gasteiger partial charge in [0.05, 0.1) is 92.5 Å². The van der Waals surface area contributed by atoms with Crippen molar-refractivity contribution in [3.8, 4) is 0 Å². The highest BCUT2D eigenvalue weighted by Crippen LogP contribution is 2.03. The Bertz CT molecular complexity index is 389. The number of unbranched alkanes of at least 4 members (excludes halogenated alkanes) is 3. The summed E-state index contributed by atoms with van der Waals surface area (Å²) in [6.07, 6.45) is 4.76. The summed E-state index contributed by atoms with van der Waals surface area (Å²) in [6, 6.07) is 0. The van der Waals surface area contributed by atoms with E-state index in [2.05, 4.69) is 6.92 Å². The third-order valence-corrected chi connectivity index (χ3v) is 4.18. The molecule has 0 amide bonds. The molecule has 33 heavy (non-hydrogen) atoms. The lowest BCUT2D eigenvalue weighted by molar-refractivity contribution is -0.145. The van der Waals surface area contributed by atoms with E-state index in [-0.39, 0.29) is 19.2 Å². The molecule has 0 unspecified atom stereocenters. The lowest BCUT2D eigenvalue weighted by Gasteiger charge is -2.08. The van der Waals surface area contributed by atoms with E-state index in [4.69, 9.17) is 37.9 Å². The summed E-state index contributed by atoms with van der Waals surface area (Å²) in [5.41, 5.74) is 0. The third kappa shape index (κ3) is 29.1. The van der Waals surface area contributed by atoms with Gasteiger partial charge >= 0.3 is 5.97 Å². The molecule has 0 saturated heterocycles. The first-order valence-electron chi connectivity index (χ1n) is 12.1. The van der Waals surface area contributed by atoms with Crippen molar-refractivity contribution in [1.82, 2.24) is 0 Å². The molecular weight excluding hydrogens is 439 g/mol. The number of hydrogen-bond donors (Lipinski definition) is 0. The highest BCUT2D eigenvalue weighted by atomic mass is 19.1. The Balaban J connectivity index is 3.07. The Morgan fingerprint density at radius 2 is 0.879 bits per heavy atom. The summed E-state index contributed by atoms with van der Waals surface area (Å²) in [5.74, 6) is -0.154. The number of hydrogen-bond acceptors (Lipinski definition) is 9. The molecular formula is C23H45FO9. The van der Waals surface area contributed by atoms with Crippen LogP contribution in [0.2, 0.25) is 0 Å². The van der Waals surface area contributed by atoms with E-state index in [1.165, 1.54) is 0 Å². The molecule has 0 aliphatic heterocycles. The Hall–Kier alpha value is -0.880. The van der Waals surface area contributed by atoms with E-state index in [9.17, 15) is 9.18 Å². The molecule has 0 spiro atoms. The van der Waals surface area contributed by atoms with Crippen LogP contribution in [0, 0.1) is 0 Å². The van der Waals surface area contributed by atoms with Gasteiger partial charge in [-0.2, -0.15) is 0 Å². The molecule has 0 N–H and O–H groups in total. The fourth-order valence-corrected chi connectivity index (χ4v) is 2.46. The summed E-state index contributed by atoms with van der Waals surface area (Å²) in [6.45, 7) is 8.08. The predicted octanol–water partition coefficient (Wildman–Crippen LogP) is 2.59. The summed E-state index contributed by atoms with van der Waals surface area (Å²) in [4.78, 5) is 11.5. The summed E-state index contributed by atoms with van der Waals surface area (Å²) in [7, 11) is 0. The van der Waals surface area contributed by atoms with Crippen molar-refractivity contribution >= 4 is 5.97 Å². The van der Waals surface area contributed by atoms with Gasteiger partial charge in [-0.15, -0.1) is 0 Å². The second kappa shape index (κ2) is 29.2. The normalized spacial score (nSPS) is 11.2. The Morgan fingerprint density at radius 3 is 1.24 bits per heavy atom. The zero-order chi connectivity index (χ0) is 24.1. The lowest BCUT2D eigenvalue weighted by Crippen LogP contribution is -2.15. The first-order valence-corrected chi connectivity index (χ1v) is 12.1. The quantitative estimate of drug-likeness (QED) is 0.123. The maximum Gasteiger partial charge on any atom is 0.305 e. The van der Waals surface area contributed by atoms with Crippen LogP contribution < -0.4 is 0 Å².